The number of rotatable bonds is 3. The standard InChI is InChI=1S/C12H13N3O2/c13-7-9-2-1-3-10(6-9)8-15-12(17)5-4-11(16)14-15/h1-6H,7-8,13H2,(H,14,16). The number of hydrogen-bond donors (Lipinski definition) is 2. The fourth-order valence-electron chi connectivity index (χ4n) is 1.62. The van der Waals surface area contributed by atoms with Crippen molar-refractivity contribution in [1.29, 1.82) is 0 Å². The van der Waals surface area contributed by atoms with Crippen LogP contribution in [0.1, 0.15) is 11.1 Å². The Balaban J connectivity index is 2.34. The number of H-pyrrole nitrogens is 1. The minimum absolute atomic E-state index is 0.234. The van der Waals surface area contributed by atoms with Gasteiger partial charge in [-0.2, -0.15) is 0 Å². The summed E-state index contributed by atoms with van der Waals surface area (Å²) in [6, 6.07) is 10.1. The number of aromatic nitrogens is 2. The Morgan fingerprint density at radius 3 is 2.65 bits per heavy atom. The number of hydrogen-bond acceptors (Lipinski definition) is 3. The van der Waals surface area contributed by atoms with Crippen LogP contribution < -0.4 is 16.9 Å². The molecule has 0 saturated carbocycles. The molecule has 0 spiro atoms. The molecule has 5 nitrogen and oxygen atoms in total. The third kappa shape index (κ3) is 2.70. The van der Waals surface area contributed by atoms with E-state index in [0.29, 0.717) is 13.1 Å². The number of nitrogens with zero attached hydrogens (tertiary/aromatic N) is 1. The normalized spacial score (nSPS) is 10.4. The molecule has 2 rings (SSSR count). The first kappa shape index (κ1) is 11.3. The Hall–Kier alpha value is -2.14. The fourth-order valence-corrected chi connectivity index (χ4v) is 1.62. The highest BCUT2D eigenvalue weighted by Crippen LogP contribution is 2.04. The number of aromatic amines is 1. The zero-order chi connectivity index (χ0) is 12.3. The number of nitrogens with two attached hydrogens (primary N) is 1. The lowest BCUT2D eigenvalue weighted by Gasteiger charge is -2.06. The van der Waals surface area contributed by atoms with Crippen molar-refractivity contribution in [3.8, 4) is 0 Å². The quantitative estimate of drug-likeness (QED) is 0.782. The van der Waals surface area contributed by atoms with Gasteiger partial charge in [0.1, 0.15) is 0 Å². The van der Waals surface area contributed by atoms with Crippen LogP contribution in [0.5, 0.6) is 0 Å². The van der Waals surface area contributed by atoms with Gasteiger partial charge in [0, 0.05) is 18.7 Å². The van der Waals surface area contributed by atoms with E-state index in [4.69, 9.17) is 5.73 Å². The SMILES string of the molecule is NCc1cccc(Cn2[nH]c(=O)ccc2=O)c1. The Morgan fingerprint density at radius 1 is 1.12 bits per heavy atom. The molecule has 0 atom stereocenters. The van der Waals surface area contributed by atoms with Crippen molar-refractivity contribution in [3.05, 3.63) is 68.2 Å². The lowest BCUT2D eigenvalue weighted by atomic mass is 10.1. The Morgan fingerprint density at radius 2 is 1.88 bits per heavy atom. The maximum atomic E-state index is 11.5. The van der Waals surface area contributed by atoms with E-state index in [9.17, 15) is 9.59 Å². The fraction of sp³-hybridized carbons (Fsp3) is 0.167. The van der Waals surface area contributed by atoms with Crippen LogP contribution in [0, 0.1) is 0 Å². The molecule has 0 aliphatic heterocycles. The monoisotopic (exact) mass is 231 g/mol. The summed E-state index contributed by atoms with van der Waals surface area (Å²) in [6.07, 6.45) is 0. The zero-order valence-electron chi connectivity index (χ0n) is 9.22. The summed E-state index contributed by atoms with van der Waals surface area (Å²) >= 11 is 0. The molecule has 5 heteroatoms. The summed E-state index contributed by atoms with van der Waals surface area (Å²) in [4.78, 5) is 22.6. The number of benzene rings is 1. The Labute approximate surface area is 97.5 Å². The lowest BCUT2D eigenvalue weighted by Crippen LogP contribution is -2.28. The molecule has 0 radical (unpaired) electrons. The molecule has 0 fully saturated rings. The maximum absolute atomic E-state index is 11.5. The van der Waals surface area contributed by atoms with Crippen molar-refractivity contribution in [1.82, 2.24) is 9.78 Å². The molecule has 17 heavy (non-hydrogen) atoms. The summed E-state index contributed by atoms with van der Waals surface area (Å²) < 4.78 is 1.28. The van der Waals surface area contributed by atoms with Crippen molar-refractivity contribution in [3.63, 3.8) is 0 Å². The summed E-state index contributed by atoms with van der Waals surface area (Å²) in [5, 5.41) is 2.48. The van der Waals surface area contributed by atoms with Gasteiger partial charge in [0.2, 0.25) is 0 Å². The van der Waals surface area contributed by atoms with Gasteiger partial charge in [-0.1, -0.05) is 24.3 Å². The molecule has 3 N–H and O–H groups in total. The summed E-state index contributed by atoms with van der Waals surface area (Å²) in [7, 11) is 0. The molecule has 2 aromatic rings. The van der Waals surface area contributed by atoms with Crippen molar-refractivity contribution in [2.75, 3.05) is 0 Å². The molecule has 0 aliphatic rings. The second kappa shape index (κ2) is 4.80. The second-order valence-corrected chi connectivity index (χ2v) is 3.76. The molecule has 88 valence electrons. The first-order chi connectivity index (χ1) is 8.19. The largest absolute Gasteiger partial charge is 0.326 e. The summed E-state index contributed by atoms with van der Waals surface area (Å²) in [5.41, 5.74) is 6.94. The van der Waals surface area contributed by atoms with Crippen molar-refractivity contribution < 1.29 is 0 Å². The summed E-state index contributed by atoms with van der Waals surface area (Å²) in [6.45, 7) is 0.788. The molecule has 1 aromatic carbocycles. The minimum Gasteiger partial charge on any atom is -0.326 e. The maximum Gasteiger partial charge on any atom is 0.265 e. The first-order valence-electron chi connectivity index (χ1n) is 5.27. The summed E-state index contributed by atoms with van der Waals surface area (Å²) in [5.74, 6) is 0. The molecule has 0 bridgehead atoms. The molecule has 0 unspecified atom stereocenters. The van der Waals surface area contributed by atoms with Crippen LogP contribution in [0.4, 0.5) is 0 Å². The van der Waals surface area contributed by atoms with Gasteiger partial charge in [-0.25, -0.2) is 4.68 Å². The highest BCUT2D eigenvalue weighted by atomic mass is 16.1. The van der Waals surface area contributed by atoms with Gasteiger partial charge in [-0.3, -0.25) is 14.7 Å². The van der Waals surface area contributed by atoms with Crippen molar-refractivity contribution in [2.45, 2.75) is 13.1 Å². The highest BCUT2D eigenvalue weighted by Gasteiger charge is 1.99. The highest BCUT2D eigenvalue weighted by molar-refractivity contribution is 5.23. The predicted molar refractivity (Wildman–Crippen MR) is 64.8 cm³/mol. The van der Waals surface area contributed by atoms with E-state index in [1.54, 1.807) is 0 Å². The topological polar surface area (TPSA) is 80.9 Å². The minimum atomic E-state index is -0.292. The molecule has 0 amide bonds. The third-order valence-electron chi connectivity index (χ3n) is 2.46. The van der Waals surface area contributed by atoms with Gasteiger partial charge in [0.15, 0.2) is 0 Å². The van der Waals surface area contributed by atoms with Gasteiger partial charge in [0.05, 0.1) is 6.54 Å². The van der Waals surface area contributed by atoms with Crippen LogP contribution in [0.25, 0.3) is 0 Å². The van der Waals surface area contributed by atoms with Crippen LogP contribution in [0.3, 0.4) is 0 Å². The van der Waals surface area contributed by atoms with Gasteiger partial charge < -0.3 is 5.73 Å². The third-order valence-corrected chi connectivity index (χ3v) is 2.46. The van der Waals surface area contributed by atoms with E-state index in [1.807, 2.05) is 24.3 Å². The van der Waals surface area contributed by atoms with Crippen LogP contribution in [-0.4, -0.2) is 9.78 Å². The first-order valence-corrected chi connectivity index (χ1v) is 5.27. The van der Waals surface area contributed by atoms with Gasteiger partial charge in [-0.15, -0.1) is 0 Å². The Kier molecular flexibility index (Phi) is 3.20. The molecule has 0 saturated heterocycles. The van der Waals surface area contributed by atoms with E-state index in [2.05, 4.69) is 5.10 Å². The van der Waals surface area contributed by atoms with Crippen molar-refractivity contribution in [2.24, 2.45) is 5.73 Å². The average Bonchev–Trinajstić information content (AvgIpc) is 2.34. The molecule has 1 heterocycles. The van der Waals surface area contributed by atoms with E-state index in [-0.39, 0.29) is 11.1 Å². The van der Waals surface area contributed by atoms with E-state index in [0.717, 1.165) is 11.1 Å². The van der Waals surface area contributed by atoms with Crippen molar-refractivity contribution >= 4 is 0 Å². The predicted octanol–water partition coefficient (Wildman–Crippen LogP) is 0.0436. The van der Waals surface area contributed by atoms with Gasteiger partial charge in [-0.05, 0) is 11.1 Å². The average molecular weight is 231 g/mol. The zero-order valence-corrected chi connectivity index (χ0v) is 9.22. The lowest BCUT2D eigenvalue weighted by molar-refractivity contribution is 0.627. The van der Waals surface area contributed by atoms with Crippen LogP contribution in [0.15, 0.2) is 46.0 Å². The van der Waals surface area contributed by atoms with Gasteiger partial charge in [0.25, 0.3) is 11.1 Å². The Bertz CT molecular complexity index is 628. The van der Waals surface area contributed by atoms with Crippen LogP contribution in [0.2, 0.25) is 0 Å². The van der Waals surface area contributed by atoms with E-state index in [1.165, 1.54) is 16.8 Å². The molecular formula is C12H13N3O2. The van der Waals surface area contributed by atoms with Crippen LogP contribution in [-0.2, 0) is 13.1 Å². The second-order valence-electron chi connectivity index (χ2n) is 3.76. The molecular weight excluding hydrogens is 218 g/mol. The van der Waals surface area contributed by atoms with Crippen LogP contribution >= 0.6 is 0 Å². The van der Waals surface area contributed by atoms with E-state index < -0.39 is 0 Å². The smallest absolute Gasteiger partial charge is 0.265 e. The van der Waals surface area contributed by atoms with Gasteiger partial charge >= 0.3 is 0 Å². The molecule has 0 aliphatic carbocycles. The molecule has 1 aromatic heterocycles. The van der Waals surface area contributed by atoms with E-state index >= 15 is 0 Å². The number of nitrogens with one attached hydrogen (secondary N) is 1.